The molecule has 0 spiro atoms. The minimum absolute atomic E-state index is 0.229. The average molecular weight is 285 g/mol. The number of hydrogen-bond donors (Lipinski definition) is 1. The highest BCUT2D eigenvalue weighted by atomic mass is 35.5. The van der Waals surface area contributed by atoms with Gasteiger partial charge in [-0.2, -0.15) is 5.10 Å². The van der Waals surface area contributed by atoms with Crippen LogP contribution >= 0.6 is 23.2 Å². The average Bonchev–Trinajstić information content (AvgIpc) is 2.56. The molecule has 4 nitrogen and oxygen atoms in total. The molecule has 2 N–H and O–H groups in total. The molecule has 1 atom stereocenters. The van der Waals surface area contributed by atoms with Crippen molar-refractivity contribution in [3.63, 3.8) is 0 Å². The van der Waals surface area contributed by atoms with E-state index in [-0.39, 0.29) is 6.04 Å². The normalized spacial score (nSPS) is 12.7. The van der Waals surface area contributed by atoms with Gasteiger partial charge in [-0.3, -0.25) is 9.67 Å². The first-order valence-corrected chi connectivity index (χ1v) is 6.29. The first-order valence-electron chi connectivity index (χ1n) is 5.53. The molecule has 0 saturated heterocycles. The lowest BCUT2D eigenvalue weighted by molar-refractivity contribution is 0.639. The number of pyridine rings is 1. The highest BCUT2D eigenvalue weighted by molar-refractivity contribution is 6.32. The van der Waals surface area contributed by atoms with Gasteiger partial charge in [0.15, 0.2) is 0 Å². The van der Waals surface area contributed by atoms with E-state index in [0.29, 0.717) is 16.5 Å². The Morgan fingerprint density at radius 1 is 1.44 bits per heavy atom. The molecule has 2 rings (SSSR count). The van der Waals surface area contributed by atoms with E-state index in [9.17, 15) is 0 Å². The predicted octanol–water partition coefficient (Wildman–Crippen LogP) is 2.67. The molecule has 2 aromatic heterocycles. The molecule has 0 fully saturated rings. The zero-order valence-corrected chi connectivity index (χ0v) is 11.7. The summed E-state index contributed by atoms with van der Waals surface area (Å²) in [4.78, 5) is 3.94. The zero-order valence-electron chi connectivity index (χ0n) is 10.2. The fourth-order valence-electron chi connectivity index (χ4n) is 1.91. The van der Waals surface area contributed by atoms with Crippen LogP contribution in [0.3, 0.4) is 0 Å². The molecule has 0 amide bonds. The van der Waals surface area contributed by atoms with Gasteiger partial charge >= 0.3 is 0 Å². The van der Waals surface area contributed by atoms with E-state index in [4.69, 9.17) is 28.9 Å². The van der Waals surface area contributed by atoms with Crippen LogP contribution in [0.2, 0.25) is 10.0 Å². The molecule has 0 aliphatic heterocycles. The van der Waals surface area contributed by atoms with Crippen LogP contribution in [0, 0.1) is 6.92 Å². The second-order valence-electron chi connectivity index (χ2n) is 4.18. The summed E-state index contributed by atoms with van der Waals surface area (Å²) in [6.45, 7) is 1.87. The van der Waals surface area contributed by atoms with Crippen LogP contribution < -0.4 is 5.73 Å². The van der Waals surface area contributed by atoms with E-state index in [1.807, 2.05) is 20.0 Å². The van der Waals surface area contributed by atoms with Gasteiger partial charge in [-0.25, -0.2) is 0 Å². The molecule has 1 unspecified atom stereocenters. The van der Waals surface area contributed by atoms with Crippen LogP contribution in [0.4, 0.5) is 0 Å². The summed E-state index contributed by atoms with van der Waals surface area (Å²) in [5.41, 5.74) is 8.74. The summed E-state index contributed by atoms with van der Waals surface area (Å²) >= 11 is 12.3. The van der Waals surface area contributed by atoms with E-state index >= 15 is 0 Å². The molecule has 0 bridgehead atoms. The minimum Gasteiger partial charge on any atom is -0.324 e. The van der Waals surface area contributed by atoms with Crippen molar-refractivity contribution in [1.29, 1.82) is 0 Å². The van der Waals surface area contributed by atoms with E-state index in [1.165, 1.54) is 0 Å². The Kier molecular flexibility index (Phi) is 3.90. The van der Waals surface area contributed by atoms with Gasteiger partial charge in [0.2, 0.25) is 0 Å². The summed E-state index contributed by atoms with van der Waals surface area (Å²) in [6.07, 6.45) is 3.85. The summed E-state index contributed by atoms with van der Waals surface area (Å²) < 4.78 is 1.76. The molecule has 18 heavy (non-hydrogen) atoms. The summed E-state index contributed by atoms with van der Waals surface area (Å²) in [6, 6.07) is 1.59. The van der Waals surface area contributed by atoms with Crippen LogP contribution in [0.15, 0.2) is 18.5 Å². The van der Waals surface area contributed by atoms with Crippen molar-refractivity contribution in [1.82, 2.24) is 14.8 Å². The number of aromatic nitrogens is 3. The fraction of sp³-hybridized carbons (Fsp3) is 0.333. The third kappa shape index (κ3) is 2.51. The molecule has 2 aromatic rings. The van der Waals surface area contributed by atoms with Crippen molar-refractivity contribution in [3.8, 4) is 0 Å². The van der Waals surface area contributed by atoms with Crippen molar-refractivity contribution >= 4 is 23.2 Å². The fourth-order valence-corrected chi connectivity index (χ4v) is 2.40. The van der Waals surface area contributed by atoms with Crippen molar-refractivity contribution in [2.24, 2.45) is 12.8 Å². The zero-order chi connectivity index (χ0) is 13.3. The second-order valence-corrected chi connectivity index (χ2v) is 4.96. The summed E-state index contributed by atoms with van der Waals surface area (Å²) in [7, 11) is 1.86. The van der Waals surface area contributed by atoms with Gasteiger partial charge in [-0.1, -0.05) is 23.2 Å². The Balaban J connectivity index is 2.27. The Labute approximate surface area is 116 Å². The Hall–Kier alpha value is -1.10. The highest BCUT2D eigenvalue weighted by Crippen LogP contribution is 2.27. The maximum Gasteiger partial charge on any atom is 0.0847 e. The molecule has 6 heteroatoms. The number of aryl methyl sites for hydroxylation is 2. The highest BCUT2D eigenvalue weighted by Gasteiger charge is 2.17. The van der Waals surface area contributed by atoms with Gasteiger partial charge in [-0.15, -0.1) is 0 Å². The Bertz CT molecular complexity index is 565. The first kappa shape index (κ1) is 13.3. The SMILES string of the molecule is Cc1nn(C)c(CC(N)c2ccncc2Cl)c1Cl. The maximum atomic E-state index is 6.20. The third-order valence-electron chi connectivity index (χ3n) is 2.88. The topological polar surface area (TPSA) is 56.7 Å². The van der Waals surface area contributed by atoms with Crippen LogP contribution in [0.5, 0.6) is 0 Å². The van der Waals surface area contributed by atoms with Gasteiger partial charge < -0.3 is 5.73 Å². The van der Waals surface area contributed by atoms with E-state index in [2.05, 4.69) is 10.1 Å². The van der Waals surface area contributed by atoms with Crippen molar-refractivity contribution < 1.29 is 0 Å². The molecule has 96 valence electrons. The van der Waals surface area contributed by atoms with Gasteiger partial charge in [0.25, 0.3) is 0 Å². The van der Waals surface area contributed by atoms with Gasteiger partial charge in [0, 0.05) is 31.9 Å². The lowest BCUT2D eigenvalue weighted by atomic mass is 10.0. The first-order chi connectivity index (χ1) is 8.50. The van der Waals surface area contributed by atoms with Gasteiger partial charge in [-0.05, 0) is 18.6 Å². The van der Waals surface area contributed by atoms with Crippen LogP contribution in [-0.4, -0.2) is 14.8 Å². The van der Waals surface area contributed by atoms with Crippen molar-refractivity contribution in [2.45, 2.75) is 19.4 Å². The lowest BCUT2D eigenvalue weighted by Gasteiger charge is -2.13. The molecular weight excluding hydrogens is 271 g/mol. The molecule has 0 aliphatic carbocycles. The minimum atomic E-state index is -0.229. The summed E-state index contributed by atoms with van der Waals surface area (Å²) in [5.74, 6) is 0. The van der Waals surface area contributed by atoms with Crippen molar-refractivity contribution in [3.05, 3.63) is 45.5 Å². The van der Waals surface area contributed by atoms with E-state index < -0.39 is 0 Å². The molecule has 0 aromatic carbocycles. The molecule has 0 saturated carbocycles. The summed E-state index contributed by atoms with van der Waals surface area (Å²) in [5, 5.41) is 5.50. The standard InChI is InChI=1S/C12H14Cl2N4/c1-7-12(14)11(18(2)17-7)5-10(15)8-3-4-16-6-9(8)13/h3-4,6,10H,5,15H2,1-2H3. The number of hydrogen-bond acceptors (Lipinski definition) is 3. The Morgan fingerprint density at radius 2 is 2.17 bits per heavy atom. The van der Waals surface area contributed by atoms with Crippen LogP contribution in [0.1, 0.15) is 23.0 Å². The number of nitrogens with two attached hydrogens (primary N) is 1. The predicted molar refractivity (Wildman–Crippen MR) is 72.8 cm³/mol. The molecular formula is C12H14Cl2N4. The molecule has 2 heterocycles. The third-order valence-corrected chi connectivity index (χ3v) is 3.69. The van der Waals surface area contributed by atoms with Crippen molar-refractivity contribution in [2.75, 3.05) is 0 Å². The quantitative estimate of drug-likeness (QED) is 0.943. The second kappa shape index (κ2) is 5.26. The lowest BCUT2D eigenvalue weighted by Crippen LogP contribution is -2.16. The maximum absolute atomic E-state index is 6.20. The van der Waals surface area contributed by atoms with Crippen LogP contribution in [-0.2, 0) is 13.5 Å². The van der Waals surface area contributed by atoms with Gasteiger partial charge in [0.05, 0.1) is 21.4 Å². The largest absolute Gasteiger partial charge is 0.324 e. The molecule has 0 aliphatic rings. The number of halogens is 2. The number of rotatable bonds is 3. The van der Waals surface area contributed by atoms with Gasteiger partial charge in [0.1, 0.15) is 0 Å². The smallest absolute Gasteiger partial charge is 0.0847 e. The number of nitrogens with zero attached hydrogens (tertiary/aromatic N) is 3. The Morgan fingerprint density at radius 3 is 2.72 bits per heavy atom. The molecule has 0 radical (unpaired) electrons. The van der Waals surface area contributed by atoms with E-state index in [0.717, 1.165) is 17.0 Å². The van der Waals surface area contributed by atoms with E-state index in [1.54, 1.807) is 17.1 Å². The van der Waals surface area contributed by atoms with Crippen LogP contribution in [0.25, 0.3) is 0 Å². The monoisotopic (exact) mass is 284 g/mol.